The first-order valence-electron chi connectivity index (χ1n) is 6.31. The van der Waals surface area contributed by atoms with Crippen LogP contribution in [0.15, 0.2) is 55.0 Å². The van der Waals surface area contributed by atoms with Crippen LogP contribution in [0.1, 0.15) is 27.8 Å². The highest BCUT2D eigenvalue weighted by Crippen LogP contribution is 2.26. The first-order chi connectivity index (χ1) is 10.1. The van der Waals surface area contributed by atoms with Crippen molar-refractivity contribution >= 4 is 23.1 Å². The molecule has 2 aromatic rings. The maximum absolute atomic E-state index is 12.6. The van der Waals surface area contributed by atoms with Crippen molar-refractivity contribution in [3.05, 3.63) is 76.7 Å². The van der Waals surface area contributed by atoms with Gasteiger partial charge in [0.05, 0.1) is 0 Å². The van der Waals surface area contributed by atoms with Crippen molar-refractivity contribution in [2.45, 2.75) is 6.29 Å². The topological polar surface area (TPSA) is 61.6 Å². The molecule has 4 nitrogen and oxygen atoms in total. The van der Waals surface area contributed by atoms with Crippen LogP contribution in [0.2, 0.25) is 5.02 Å². The minimum atomic E-state index is -0.519. The Hall–Kier alpha value is -2.46. The molecule has 0 bridgehead atoms. The summed E-state index contributed by atoms with van der Waals surface area (Å²) in [4.78, 5) is 12.6. The predicted octanol–water partition coefficient (Wildman–Crippen LogP) is 3.67. The van der Waals surface area contributed by atoms with Gasteiger partial charge in [0, 0.05) is 27.4 Å². The molecule has 0 fully saturated rings. The summed E-state index contributed by atoms with van der Waals surface area (Å²) in [5, 5.41) is 0.468. The molecular weight excluding hydrogens is 290 g/mol. The second kappa shape index (κ2) is 5.50. The van der Waals surface area contributed by atoms with Gasteiger partial charge in [0.2, 0.25) is 0 Å². The Labute approximate surface area is 126 Å². The molecule has 0 aliphatic carbocycles. The molecule has 106 valence electrons. The van der Waals surface area contributed by atoms with Gasteiger partial charge in [0.1, 0.15) is 12.5 Å². The van der Waals surface area contributed by atoms with Crippen LogP contribution in [-0.2, 0) is 9.47 Å². The Morgan fingerprint density at radius 3 is 2.62 bits per heavy atom. The number of benzene rings is 2. The van der Waals surface area contributed by atoms with Gasteiger partial charge in [-0.05, 0) is 24.3 Å². The van der Waals surface area contributed by atoms with Gasteiger partial charge in [-0.3, -0.25) is 4.79 Å². The SMILES string of the molecule is Nc1ccc(Cl)cc1C(=O)c1cccc(C2OC=CO2)c1. The molecule has 0 amide bonds. The smallest absolute Gasteiger partial charge is 0.266 e. The molecule has 1 aliphatic rings. The Balaban J connectivity index is 1.94. The van der Waals surface area contributed by atoms with Crippen molar-refractivity contribution in [3.8, 4) is 0 Å². The van der Waals surface area contributed by atoms with Crippen LogP contribution in [0.25, 0.3) is 0 Å². The van der Waals surface area contributed by atoms with E-state index in [-0.39, 0.29) is 5.78 Å². The number of ketones is 1. The van der Waals surface area contributed by atoms with E-state index in [2.05, 4.69) is 0 Å². The molecule has 3 rings (SSSR count). The first kappa shape index (κ1) is 13.5. The number of rotatable bonds is 3. The van der Waals surface area contributed by atoms with E-state index >= 15 is 0 Å². The highest BCUT2D eigenvalue weighted by Gasteiger charge is 2.18. The van der Waals surface area contributed by atoms with E-state index in [1.54, 1.807) is 36.4 Å². The van der Waals surface area contributed by atoms with Crippen LogP contribution in [-0.4, -0.2) is 5.78 Å². The van der Waals surface area contributed by atoms with Crippen LogP contribution in [0.3, 0.4) is 0 Å². The zero-order valence-corrected chi connectivity index (χ0v) is 11.7. The summed E-state index contributed by atoms with van der Waals surface area (Å²) >= 11 is 5.93. The molecule has 2 N–H and O–H groups in total. The monoisotopic (exact) mass is 301 g/mol. The average Bonchev–Trinajstić information content (AvgIpc) is 3.03. The molecular formula is C16H12ClNO3. The van der Waals surface area contributed by atoms with Gasteiger partial charge >= 0.3 is 0 Å². The number of anilines is 1. The van der Waals surface area contributed by atoms with E-state index < -0.39 is 6.29 Å². The number of ether oxygens (including phenoxy) is 2. The van der Waals surface area contributed by atoms with Gasteiger partial charge < -0.3 is 15.2 Å². The van der Waals surface area contributed by atoms with Gasteiger partial charge in [-0.1, -0.05) is 29.8 Å². The van der Waals surface area contributed by atoms with Gasteiger partial charge in [-0.2, -0.15) is 0 Å². The maximum atomic E-state index is 12.6. The van der Waals surface area contributed by atoms with E-state index in [9.17, 15) is 4.79 Å². The Kier molecular flexibility index (Phi) is 3.54. The number of halogens is 1. The third-order valence-electron chi connectivity index (χ3n) is 3.14. The third-order valence-corrected chi connectivity index (χ3v) is 3.38. The normalized spacial score (nSPS) is 13.8. The summed E-state index contributed by atoms with van der Waals surface area (Å²) < 4.78 is 10.5. The molecule has 5 heteroatoms. The predicted molar refractivity (Wildman–Crippen MR) is 79.8 cm³/mol. The fourth-order valence-electron chi connectivity index (χ4n) is 2.10. The second-order valence-corrected chi connectivity index (χ2v) is 5.00. The minimum absolute atomic E-state index is 0.192. The number of hydrogen-bond acceptors (Lipinski definition) is 4. The van der Waals surface area contributed by atoms with Crippen molar-refractivity contribution < 1.29 is 14.3 Å². The number of nitrogens with two attached hydrogens (primary N) is 1. The Morgan fingerprint density at radius 2 is 1.86 bits per heavy atom. The molecule has 1 aliphatic heterocycles. The molecule has 0 saturated heterocycles. The third kappa shape index (κ3) is 2.71. The molecule has 2 aromatic carbocycles. The van der Waals surface area contributed by atoms with Crippen molar-refractivity contribution in [1.82, 2.24) is 0 Å². The van der Waals surface area contributed by atoms with Gasteiger partial charge in [-0.15, -0.1) is 0 Å². The largest absolute Gasteiger partial charge is 0.455 e. The Bertz CT molecular complexity index is 719. The molecule has 21 heavy (non-hydrogen) atoms. The quantitative estimate of drug-likeness (QED) is 0.694. The van der Waals surface area contributed by atoms with E-state index in [1.165, 1.54) is 12.5 Å². The van der Waals surface area contributed by atoms with Crippen molar-refractivity contribution in [3.63, 3.8) is 0 Å². The molecule has 0 radical (unpaired) electrons. The number of carbonyl (C=O) groups excluding carboxylic acids is 1. The lowest BCUT2D eigenvalue weighted by Crippen LogP contribution is -2.07. The fraction of sp³-hybridized carbons (Fsp3) is 0.0625. The molecule has 0 spiro atoms. The molecule has 0 saturated carbocycles. The summed E-state index contributed by atoms with van der Waals surface area (Å²) in [5.41, 5.74) is 7.88. The van der Waals surface area contributed by atoms with Crippen LogP contribution < -0.4 is 5.73 Å². The first-order valence-corrected chi connectivity index (χ1v) is 6.68. The van der Waals surface area contributed by atoms with Crippen molar-refractivity contribution in [2.75, 3.05) is 5.73 Å². The zero-order chi connectivity index (χ0) is 14.8. The number of nitrogen functional groups attached to an aromatic ring is 1. The molecule has 0 atom stereocenters. The lowest BCUT2D eigenvalue weighted by Gasteiger charge is -2.12. The summed E-state index contributed by atoms with van der Waals surface area (Å²) in [5.74, 6) is -0.192. The zero-order valence-electron chi connectivity index (χ0n) is 11.0. The fourth-order valence-corrected chi connectivity index (χ4v) is 2.28. The lowest BCUT2D eigenvalue weighted by molar-refractivity contribution is -0.0246. The van der Waals surface area contributed by atoms with Gasteiger partial charge in [0.25, 0.3) is 6.29 Å². The van der Waals surface area contributed by atoms with E-state index in [0.29, 0.717) is 21.8 Å². The minimum Gasteiger partial charge on any atom is -0.455 e. The highest BCUT2D eigenvalue weighted by atomic mass is 35.5. The van der Waals surface area contributed by atoms with Gasteiger partial charge in [-0.25, -0.2) is 0 Å². The van der Waals surface area contributed by atoms with Crippen LogP contribution in [0.4, 0.5) is 5.69 Å². The summed E-state index contributed by atoms with van der Waals surface area (Å²) in [6, 6.07) is 11.9. The van der Waals surface area contributed by atoms with E-state index in [4.69, 9.17) is 26.8 Å². The van der Waals surface area contributed by atoms with E-state index in [1.807, 2.05) is 6.07 Å². The summed E-state index contributed by atoms with van der Waals surface area (Å²) in [6.45, 7) is 0. The summed E-state index contributed by atoms with van der Waals surface area (Å²) in [6.07, 6.45) is 2.41. The number of carbonyl (C=O) groups is 1. The van der Waals surface area contributed by atoms with Crippen LogP contribution in [0, 0.1) is 0 Å². The van der Waals surface area contributed by atoms with Gasteiger partial charge in [0.15, 0.2) is 5.78 Å². The standard InChI is InChI=1S/C16H12ClNO3/c17-12-4-5-14(18)13(9-12)15(19)10-2-1-3-11(8-10)16-20-6-7-21-16/h1-9,16H,18H2. The Morgan fingerprint density at radius 1 is 1.10 bits per heavy atom. The maximum Gasteiger partial charge on any atom is 0.266 e. The molecule has 0 unspecified atom stereocenters. The highest BCUT2D eigenvalue weighted by molar-refractivity contribution is 6.31. The molecule has 0 aromatic heterocycles. The number of hydrogen-bond donors (Lipinski definition) is 1. The van der Waals surface area contributed by atoms with Crippen molar-refractivity contribution in [1.29, 1.82) is 0 Å². The second-order valence-electron chi connectivity index (χ2n) is 4.56. The van der Waals surface area contributed by atoms with E-state index in [0.717, 1.165) is 5.56 Å². The van der Waals surface area contributed by atoms with Crippen molar-refractivity contribution in [2.24, 2.45) is 0 Å². The van der Waals surface area contributed by atoms with Crippen LogP contribution >= 0.6 is 11.6 Å². The van der Waals surface area contributed by atoms with Crippen LogP contribution in [0.5, 0.6) is 0 Å². The lowest BCUT2D eigenvalue weighted by atomic mass is 10.00. The average molecular weight is 302 g/mol. The molecule has 1 heterocycles. The summed E-state index contributed by atoms with van der Waals surface area (Å²) in [7, 11) is 0.